The summed E-state index contributed by atoms with van der Waals surface area (Å²) >= 11 is 5.99. The lowest BCUT2D eigenvalue weighted by Gasteiger charge is -2.14. The van der Waals surface area contributed by atoms with E-state index in [0.29, 0.717) is 23.6 Å². The number of rotatable bonds is 7. The van der Waals surface area contributed by atoms with Gasteiger partial charge in [0.15, 0.2) is 0 Å². The van der Waals surface area contributed by atoms with Gasteiger partial charge < -0.3 is 20.7 Å². The topological polar surface area (TPSA) is 126 Å². The van der Waals surface area contributed by atoms with E-state index in [9.17, 15) is 5.11 Å². The van der Waals surface area contributed by atoms with Gasteiger partial charge in [0.05, 0.1) is 18.0 Å². The first-order valence-electron chi connectivity index (χ1n) is 8.41. The SMILES string of the molecule is CC1N=C(Cc2ccccc2OCC(O)CO)C(c2cc(Cl)nc(N)n2)=N1. The van der Waals surface area contributed by atoms with Crippen LogP contribution in [0.15, 0.2) is 40.3 Å². The van der Waals surface area contributed by atoms with Gasteiger partial charge in [-0.05, 0) is 13.0 Å². The Hall–Kier alpha value is -2.55. The number of aliphatic imine (C=N–C) groups is 2. The van der Waals surface area contributed by atoms with E-state index in [2.05, 4.69) is 20.0 Å². The second kappa shape index (κ2) is 8.43. The van der Waals surface area contributed by atoms with E-state index < -0.39 is 6.10 Å². The number of nitrogen functional groups attached to an aromatic ring is 1. The van der Waals surface area contributed by atoms with Crippen LogP contribution in [0.4, 0.5) is 5.95 Å². The first kappa shape index (κ1) is 19.2. The summed E-state index contributed by atoms with van der Waals surface area (Å²) in [5, 5.41) is 18.7. The first-order valence-corrected chi connectivity index (χ1v) is 8.79. The van der Waals surface area contributed by atoms with Crippen molar-refractivity contribution in [1.82, 2.24) is 9.97 Å². The summed E-state index contributed by atoms with van der Waals surface area (Å²) < 4.78 is 5.63. The molecule has 2 atom stereocenters. The maximum absolute atomic E-state index is 9.52. The van der Waals surface area contributed by atoms with Gasteiger partial charge in [0.25, 0.3) is 0 Å². The Bertz CT molecular complexity index is 867. The van der Waals surface area contributed by atoms with Crippen molar-refractivity contribution in [2.75, 3.05) is 18.9 Å². The summed E-state index contributed by atoms with van der Waals surface area (Å²) in [6, 6.07) is 9.03. The monoisotopic (exact) mass is 389 g/mol. The minimum Gasteiger partial charge on any atom is -0.491 e. The second-order valence-corrected chi connectivity index (χ2v) is 6.44. The molecule has 8 nitrogen and oxygen atoms in total. The third kappa shape index (κ3) is 4.79. The van der Waals surface area contributed by atoms with Crippen LogP contribution in [0.2, 0.25) is 5.15 Å². The number of nitrogens with zero attached hydrogens (tertiary/aromatic N) is 4. The lowest BCUT2D eigenvalue weighted by Crippen LogP contribution is -2.22. The molecule has 0 fully saturated rings. The number of hydrogen-bond donors (Lipinski definition) is 3. The number of hydrogen-bond acceptors (Lipinski definition) is 8. The highest BCUT2D eigenvalue weighted by Gasteiger charge is 2.23. The Balaban J connectivity index is 1.85. The van der Waals surface area contributed by atoms with E-state index in [-0.39, 0.29) is 30.5 Å². The average molecular weight is 390 g/mol. The van der Waals surface area contributed by atoms with Crippen LogP contribution in [0, 0.1) is 0 Å². The van der Waals surface area contributed by atoms with Crippen LogP contribution in [-0.4, -0.2) is 57.1 Å². The summed E-state index contributed by atoms with van der Waals surface area (Å²) in [6.07, 6.45) is -0.727. The van der Waals surface area contributed by atoms with Gasteiger partial charge in [0.1, 0.15) is 35.5 Å². The minimum absolute atomic E-state index is 0.00457. The lowest BCUT2D eigenvalue weighted by molar-refractivity contribution is 0.0533. The average Bonchev–Trinajstić information content (AvgIpc) is 3.00. The molecule has 3 rings (SSSR count). The summed E-state index contributed by atoms with van der Waals surface area (Å²) in [5.41, 5.74) is 8.44. The number of para-hydroxylation sites is 1. The summed E-state index contributed by atoms with van der Waals surface area (Å²) in [7, 11) is 0. The summed E-state index contributed by atoms with van der Waals surface area (Å²) in [6.45, 7) is 1.51. The first-order chi connectivity index (χ1) is 13.0. The largest absolute Gasteiger partial charge is 0.491 e. The number of halogens is 1. The molecule has 0 spiro atoms. The fraction of sp³-hybridized carbons (Fsp3) is 0.333. The third-order valence-corrected chi connectivity index (χ3v) is 4.05. The van der Waals surface area contributed by atoms with Crippen molar-refractivity contribution in [3.05, 3.63) is 46.7 Å². The third-order valence-electron chi connectivity index (χ3n) is 3.86. The van der Waals surface area contributed by atoms with Crippen LogP contribution in [0.1, 0.15) is 18.2 Å². The summed E-state index contributed by atoms with van der Waals surface area (Å²) in [4.78, 5) is 17.2. The van der Waals surface area contributed by atoms with Gasteiger partial charge in [-0.3, -0.25) is 9.98 Å². The standard InChI is InChI=1S/C18H20ClN5O3/c1-10-21-13(17(22-10)14-7-16(19)24-18(20)23-14)6-11-4-2-3-5-15(11)27-9-12(26)8-25/h2-5,7,10,12,25-26H,6,8-9H2,1H3,(H2,20,23,24). The highest BCUT2D eigenvalue weighted by molar-refractivity contribution is 6.49. The zero-order chi connectivity index (χ0) is 19.4. The highest BCUT2D eigenvalue weighted by Crippen LogP contribution is 2.23. The number of aromatic nitrogens is 2. The molecule has 0 saturated heterocycles. The van der Waals surface area contributed by atoms with Gasteiger partial charge in [-0.15, -0.1) is 0 Å². The van der Waals surface area contributed by atoms with Gasteiger partial charge in [0.2, 0.25) is 5.95 Å². The number of aliphatic hydroxyl groups is 2. The molecular weight excluding hydrogens is 370 g/mol. The van der Waals surface area contributed by atoms with Crippen LogP contribution >= 0.6 is 11.6 Å². The predicted molar refractivity (Wildman–Crippen MR) is 104 cm³/mol. The molecule has 4 N–H and O–H groups in total. The van der Waals surface area contributed by atoms with E-state index >= 15 is 0 Å². The molecule has 2 unspecified atom stereocenters. The number of aliphatic hydroxyl groups excluding tert-OH is 2. The number of ether oxygens (including phenoxy) is 1. The molecule has 0 amide bonds. The Morgan fingerprint density at radius 2 is 2.04 bits per heavy atom. The molecule has 2 heterocycles. The number of benzene rings is 1. The zero-order valence-electron chi connectivity index (χ0n) is 14.7. The molecule has 1 aliphatic heterocycles. The molecule has 0 bridgehead atoms. The van der Waals surface area contributed by atoms with Crippen molar-refractivity contribution in [3.63, 3.8) is 0 Å². The Labute approximate surface area is 161 Å². The Morgan fingerprint density at radius 1 is 1.26 bits per heavy atom. The summed E-state index contributed by atoms with van der Waals surface area (Å²) in [5.74, 6) is 0.674. The molecule has 1 aliphatic rings. The predicted octanol–water partition coefficient (Wildman–Crippen LogP) is 1.28. The van der Waals surface area contributed by atoms with Crippen molar-refractivity contribution >= 4 is 29.0 Å². The molecule has 0 saturated carbocycles. The van der Waals surface area contributed by atoms with Crippen LogP contribution < -0.4 is 10.5 Å². The molecule has 9 heteroatoms. The van der Waals surface area contributed by atoms with Crippen LogP contribution in [0.25, 0.3) is 0 Å². The fourth-order valence-electron chi connectivity index (χ4n) is 2.69. The van der Waals surface area contributed by atoms with E-state index in [1.807, 2.05) is 25.1 Å². The highest BCUT2D eigenvalue weighted by atomic mass is 35.5. The van der Waals surface area contributed by atoms with Gasteiger partial charge in [-0.25, -0.2) is 9.97 Å². The van der Waals surface area contributed by atoms with Crippen molar-refractivity contribution in [2.45, 2.75) is 25.6 Å². The van der Waals surface area contributed by atoms with Crippen molar-refractivity contribution in [1.29, 1.82) is 0 Å². The van der Waals surface area contributed by atoms with Crippen molar-refractivity contribution in [2.24, 2.45) is 9.98 Å². The smallest absolute Gasteiger partial charge is 0.222 e. The maximum Gasteiger partial charge on any atom is 0.222 e. The van der Waals surface area contributed by atoms with E-state index in [4.69, 9.17) is 27.2 Å². The molecular formula is C18H20ClN5O3. The fourth-order valence-corrected chi connectivity index (χ4v) is 2.88. The lowest BCUT2D eigenvalue weighted by atomic mass is 10.0. The van der Waals surface area contributed by atoms with Gasteiger partial charge in [0, 0.05) is 18.1 Å². The molecule has 1 aromatic carbocycles. The maximum atomic E-state index is 9.52. The van der Waals surface area contributed by atoms with E-state index in [0.717, 1.165) is 11.3 Å². The van der Waals surface area contributed by atoms with Gasteiger partial charge >= 0.3 is 0 Å². The van der Waals surface area contributed by atoms with E-state index in [1.54, 1.807) is 12.1 Å². The quantitative estimate of drug-likeness (QED) is 0.612. The van der Waals surface area contributed by atoms with Gasteiger partial charge in [-0.1, -0.05) is 29.8 Å². The normalized spacial score (nSPS) is 17.4. The van der Waals surface area contributed by atoms with Crippen molar-refractivity contribution in [3.8, 4) is 5.75 Å². The van der Waals surface area contributed by atoms with Gasteiger partial charge in [-0.2, -0.15) is 0 Å². The van der Waals surface area contributed by atoms with Crippen LogP contribution in [0.5, 0.6) is 5.75 Å². The van der Waals surface area contributed by atoms with Crippen LogP contribution in [-0.2, 0) is 6.42 Å². The number of anilines is 1. The molecule has 27 heavy (non-hydrogen) atoms. The molecule has 0 aliphatic carbocycles. The molecule has 1 aromatic heterocycles. The molecule has 142 valence electrons. The second-order valence-electron chi connectivity index (χ2n) is 6.05. The molecule has 2 aromatic rings. The zero-order valence-corrected chi connectivity index (χ0v) is 15.5. The Morgan fingerprint density at radius 3 is 2.78 bits per heavy atom. The minimum atomic E-state index is -0.940. The van der Waals surface area contributed by atoms with E-state index in [1.165, 1.54) is 0 Å². The van der Waals surface area contributed by atoms with Crippen LogP contribution in [0.3, 0.4) is 0 Å². The molecule has 0 radical (unpaired) electrons. The number of nitrogens with two attached hydrogens (primary N) is 1. The Kier molecular flexibility index (Phi) is 6.00. The van der Waals surface area contributed by atoms with Crippen molar-refractivity contribution < 1.29 is 14.9 Å².